The largest absolute Gasteiger partial charge is 0.494 e. The summed E-state index contributed by atoms with van der Waals surface area (Å²) >= 11 is 7.44. The number of ether oxygens (including phenoxy) is 1. The van der Waals surface area contributed by atoms with E-state index in [4.69, 9.17) is 16.3 Å². The van der Waals surface area contributed by atoms with Gasteiger partial charge in [0.25, 0.3) is 0 Å². The molecule has 1 aromatic heterocycles. The van der Waals surface area contributed by atoms with Crippen LogP contribution < -0.4 is 10.1 Å². The van der Waals surface area contributed by atoms with Crippen LogP contribution >= 0.6 is 23.4 Å². The maximum atomic E-state index is 12.3. The fourth-order valence-corrected chi connectivity index (χ4v) is 3.79. The van der Waals surface area contributed by atoms with Gasteiger partial charge >= 0.3 is 0 Å². The van der Waals surface area contributed by atoms with Crippen molar-refractivity contribution >= 4 is 35.0 Å². The second-order valence-electron chi connectivity index (χ2n) is 6.59. The Balaban J connectivity index is 1.64. The number of rotatable bonds is 10. The number of anilines is 1. The summed E-state index contributed by atoms with van der Waals surface area (Å²) in [5, 5.41) is 12.6. The monoisotopic (exact) mass is 444 g/mol. The number of halogens is 1. The van der Waals surface area contributed by atoms with Crippen LogP contribution in [0.25, 0.3) is 11.4 Å². The molecule has 1 amide bonds. The van der Waals surface area contributed by atoms with Gasteiger partial charge in [-0.2, -0.15) is 0 Å². The molecule has 1 heterocycles. The fourth-order valence-electron chi connectivity index (χ4n) is 2.81. The van der Waals surface area contributed by atoms with Gasteiger partial charge in [0.15, 0.2) is 11.0 Å². The third-order valence-electron chi connectivity index (χ3n) is 4.39. The molecule has 0 aliphatic carbocycles. The number of hydrogen-bond donors (Lipinski definition) is 1. The summed E-state index contributed by atoms with van der Waals surface area (Å²) in [7, 11) is 0. The molecule has 3 rings (SSSR count). The Kier molecular flexibility index (Phi) is 8.16. The van der Waals surface area contributed by atoms with Gasteiger partial charge in [0.2, 0.25) is 5.91 Å². The van der Waals surface area contributed by atoms with Crippen LogP contribution in [0.3, 0.4) is 0 Å². The number of hydrogen-bond acceptors (Lipinski definition) is 5. The lowest BCUT2D eigenvalue weighted by Gasteiger charge is -2.09. The molecule has 30 heavy (non-hydrogen) atoms. The van der Waals surface area contributed by atoms with Crippen LogP contribution in [0.5, 0.6) is 5.75 Å². The zero-order chi connectivity index (χ0) is 21.3. The van der Waals surface area contributed by atoms with Crippen LogP contribution in [-0.4, -0.2) is 33.0 Å². The predicted octanol–water partition coefficient (Wildman–Crippen LogP) is 5.53. The van der Waals surface area contributed by atoms with Gasteiger partial charge in [0.05, 0.1) is 23.1 Å². The van der Waals surface area contributed by atoms with Crippen molar-refractivity contribution in [1.29, 1.82) is 0 Å². The van der Waals surface area contributed by atoms with Gasteiger partial charge < -0.3 is 14.6 Å². The average molecular weight is 445 g/mol. The minimum absolute atomic E-state index is 0.145. The Bertz CT molecular complexity index is 976. The molecule has 0 aliphatic rings. The lowest BCUT2D eigenvalue weighted by Crippen LogP contribution is -2.15. The Hall–Kier alpha value is -2.51. The van der Waals surface area contributed by atoms with Crippen molar-refractivity contribution in [2.45, 2.75) is 38.4 Å². The van der Waals surface area contributed by atoms with E-state index in [9.17, 15) is 4.79 Å². The first-order valence-electron chi connectivity index (χ1n) is 9.96. The van der Waals surface area contributed by atoms with Gasteiger partial charge in [-0.1, -0.05) is 48.8 Å². The van der Waals surface area contributed by atoms with Gasteiger partial charge in [0.1, 0.15) is 5.75 Å². The second-order valence-corrected chi connectivity index (χ2v) is 7.94. The Morgan fingerprint density at radius 1 is 1.13 bits per heavy atom. The summed E-state index contributed by atoms with van der Waals surface area (Å²) in [5.74, 6) is 1.69. The van der Waals surface area contributed by atoms with E-state index in [2.05, 4.69) is 22.4 Å². The molecular formula is C22H25ClN4O2S. The van der Waals surface area contributed by atoms with E-state index in [1.54, 1.807) is 12.1 Å². The number of carbonyl (C=O) groups is 1. The number of amides is 1. The van der Waals surface area contributed by atoms with Gasteiger partial charge in [-0.05, 0) is 49.7 Å². The average Bonchev–Trinajstić information content (AvgIpc) is 3.17. The van der Waals surface area contributed by atoms with E-state index in [-0.39, 0.29) is 11.7 Å². The molecule has 0 bridgehead atoms. The van der Waals surface area contributed by atoms with E-state index in [1.807, 2.05) is 47.9 Å². The van der Waals surface area contributed by atoms with Crippen molar-refractivity contribution in [2.24, 2.45) is 0 Å². The van der Waals surface area contributed by atoms with Crippen molar-refractivity contribution in [1.82, 2.24) is 14.8 Å². The van der Waals surface area contributed by atoms with E-state index >= 15 is 0 Å². The minimum atomic E-state index is -0.145. The van der Waals surface area contributed by atoms with Gasteiger partial charge in [-0.25, -0.2) is 0 Å². The van der Waals surface area contributed by atoms with Crippen molar-refractivity contribution in [2.75, 3.05) is 17.7 Å². The molecule has 3 aromatic rings. The molecule has 0 fully saturated rings. The minimum Gasteiger partial charge on any atom is -0.494 e. The first-order chi connectivity index (χ1) is 14.6. The number of unbranched alkanes of at least 4 members (excludes halogenated alkanes) is 1. The molecule has 0 saturated heterocycles. The first kappa shape index (κ1) is 22.2. The Morgan fingerprint density at radius 2 is 1.90 bits per heavy atom. The Labute approximate surface area is 186 Å². The van der Waals surface area contributed by atoms with Crippen LogP contribution in [0.15, 0.2) is 53.7 Å². The maximum Gasteiger partial charge on any atom is 0.234 e. The van der Waals surface area contributed by atoms with Crippen LogP contribution in [0.2, 0.25) is 5.02 Å². The molecule has 8 heteroatoms. The quantitative estimate of drug-likeness (QED) is 0.329. The molecule has 0 radical (unpaired) electrons. The molecule has 158 valence electrons. The molecule has 6 nitrogen and oxygen atoms in total. The lowest BCUT2D eigenvalue weighted by molar-refractivity contribution is -0.113. The van der Waals surface area contributed by atoms with Crippen molar-refractivity contribution < 1.29 is 9.53 Å². The molecule has 2 aromatic carbocycles. The van der Waals surface area contributed by atoms with Crippen molar-refractivity contribution in [3.63, 3.8) is 0 Å². The summed E-state index contributed by atoms with van der Waals surface area (Å²) in [5.41, 5.74) is 1.56. The smallest absolute Gasteiger partial charge is 0.234 e. The van der Waals surface area contributed by atoms with Gasteiger partial charge in [-0.15, -0.1) is 10.2 Å². The number of aromatic nitrogens is 3. The molecular weight excluding hydrogens is 420 g/mol. The summed E-state index contributed by atoms with van der Waals surface area (Å²) in [6.45, 7) is 5.59. The maximum absolute atomic E-state index is 12.3. The third kappa shape index (κ3) is 5.77. The summed E-state index contributed by atoms with van der Waals surface area (Å²) < 4.78 is 7.72. The number of nitrogens with zero attached hydrogens (tertiary/aromatic N) is 3. The first-order valence-corrected chi connectivity index (χ1v) is 11.3. The highest BCUT2D eigenvalue weighted by Gasteiger charge is 2.15. The molecule has 0 aliphatic heterocycles. The normalized spacial score (nSPS) is 10.8. The number of benzene rings is 2. The standard InChI is InChI=1S/C22H25ClN4O2S/c1-3-5-14-29-17-12-10-16(11-13-17)21-25-26-22(27(21)4-2)30-15-20(28)24-19-9-7-6-8-18(19)23/h6-13H,3-5,14-15H2,1-2H3,(H,24,28). The van der Waals surface area contributed by atoms with Gasteiger partial charge in [-0.3, -0.25) is 4.79 Å². The number of carbonyl (C=O) groups excluding carboxylic acids is 1. The van der Waals surface area contributed by atoms with Crippen molar-refractivity contribution in [3.8, 4) is 17.1 Å². The highest BCUT2D eigenvalue weighted by Crippen LogP contribution is 2.26. The SMILES string of the molecule is CCCCOc1ccc(-c2nnc(SCC(=O)Nc3ccccc3Cl)n2CC)cc1. The lowest BCUT2D eigenvalue weighted by atomic mass is 10.2. The van der Waals surface area contributed by atoms with E-state index in [1.165, 1.54) is 11.8 Å². The number of para-hydroxylation sites is 1. The highest BCUT2D eigenvalue weighted by atomic mass is 35.5. The summed E-state index contributed by atoms with van der Waals surface area (Å²) in [6, 6.07) is 15.0. The molecule has 1 N–H and O–H groups in total. The van der Waals surface area contributed by atoms with E-state index in [0.29, 0.717) is 22.4 Å². The Morgan fingerprint density at radius 3 is 2.60 bits per heavy atom. The molecule has 0 atom stereocenters. The number of nitrogens with one attached hydrogen (secondary N) is 1. The van der Waals surface area contributed by atoms with Crippen LogP contribution in [-0.2, 0) is 11.3 Å². The summed E-state index contributed by atoms with van der Waals surface area (Å²) in [4.78, 5) is 12.3. The summed E-state index contributed by atoms with van der Waals surface area (Å²) in [6.07, 6.45) is 2.14. The highest BCUT2D eigenvalue weighted by molar-refractivity contribution is 7.99. The molecule has 0 unspecified atom stereocenters. The zero-order valence-electron chi connectivity index (χ0n) is 17.1. The van der Waals surface area contributed by atoms with Gasteiger partial charge in [0, 0.05) is 12.1 Å². The fraction of sp³-hybridized carbons (Fsp3) is 0.318. The van der Waals surface area contributed by atoms with Crippen molar-refractivity contribution in [3.05, 3.63) is 53.6 Å². The molecule has 0 saturated carbocycles. The zero-order valence-corrected chi connectivity index (χ0v) is 18.7. The van der Waals surface area contributed by atoms with E-state index in [0.717, 1.165) is 36.6 Å². The second kappa shape index (κ2) is 11.0. The van der Waals surface area contributed by atoms with Crippen LogP contribution in [0.4, 0.5) is 5.69 Å². The van der Waals surface area contributed by atoms with E-state index < -0.39 is 0 Å². The topological polar surface area (TPSA) is 69.0 Å². The third-order valence-corrected chi connectivity index (χ3v) is 5.69. The molecule has 0 spiro atoms. The predicted molar refractivity (Wildman–Crippen MR) is 122 cm³/mol. The van der Waals surface area contributed by atoms with Crippen LogP contribution in [0, 0.1) is 0 Å². The van der Waals surface area contributed by atoms with Crippen LogP contribution in [0.1, 0.15) is 26.7 Å². The number of thioether (sulfide) groups is 1.